The van der Waals surface area contributed by atoms with Crippen LogP contribution in [0.1, 0.15) is 0 Å². The summed E-state index contributed by atoms with van der Waals surface area (Å²) >= 11 is 0. The summed E-state index contributed by atoms with van der Waals surface area (Å²) in [6.45, 7) is 0. The Morgan fingerprint density at radius 3 is 1.41 bits per heavy atom. The van der Waals surface area contributed by atoms with E-state index in [9.17, 15) is 19.2 Å². The lowest BCUT2D eigenvalue weighted by molar-refractivity contribution is -0.140. The Bertz CT molecular complexity index is 816. The number of carbonyl (C=O) groups excluding carboxylic acids is 4. The average Bonchev–Trinajstić information content (AvgIpc) is 3.08. The number of dihydropyridines is 1. The van der Waals surface area contributed by atoms with Crippen LogP contribution in [0.25, 0.3) is 0 Å². The summed E-state index contributed by atoms with van der Waals surface area (Å²) in [6, 6.07) is 0. The van der Waals surface area contributed by atoms with Gasteiger partial charge in [-0.05, 0) is 12.2 Å². The summed E-state index contributed by atoms with van der Waals surface area (Å²) in [7, 11) is 4.35. The molecule has 0 saturated heterocycles. The van der Waals surface area contributed by atoms with Crippen LogP contribution in [-0.4, -0.2) is 52.3 Å². The van der Waals surface area contributed by atoms with Crippen molar-refractivity contribution in [3.05, 3.63) is 58.0 Å². The summed E-state index contributed by atoms with van der Waals surface area (Å²) in [5.41, 5.74) is -1.26. The van der Waals surface area contributed by atoms with Gasteiger partial charge in [0.05, 0.1) is 50.7 Å². The topological polar surface area (TPSA) is 117 Å². The predicted molar refractivity (Wildman–Crippen MR) is 90.6 cm³/mol. The molecule has 27 heavy (non-hydrogen) atoms. The third-order valence-electron chi connectivity index (χ3n) is 3.79. The van der Waals surface area contributed by atoms with E-state index in [4.69, 9.17) is 18.9 Å². The van der Waals surface area contributed by atoms with Gasteiger partial charge in [-0.25, -0.2) is 19.2 Å². The molecule has 0 unspecified atom stereocenters. The maximum absolute atomic E-state index is 12.5. The van der Waals surface area contributed by atoms with Crippen LogP contribution in [0.15, 0.2) is 58.0 Å². The number of allylic oxidation sites excluding steroid dienone is 3. The minimum absolute atomic E-state index is 0.0323. The van der Waals surface area contributed by atoms with Crippen LogP contribution in [0.4, 0.5) is 0 Å². The van der Waals surface area contributed by atoms with E-state index in [1.54, 1.807) is 24.4 Å². The Labute approximate surface area is 154 Å². The molecule has 0 atom stereocenters. The van der Waals surface area contributed by atoms with Crippen molar-refractivity contribution in [3.8, 4) is 0 Å². The van der Waals surface area contributed by atoms with Crippen molar-refractivity contribution in [1.82, 2.24) is 5.32 Å². The summed E-state index contributed by atoms with van der Waals surface area (Å²) in [5.74, 6) is -3.91. The van der Waals surface area contributed by atoms with E-state index in [2.05, 4.69) is 5.32 Å². The molecule has 0 spiro atoms. The highest BCUT2D eigenvalue weighted by Gasteiger charge is 2.45. The maximum Gasteiger partial charge on any atom is 0.339 e. The smallest absolute Gasteiger partial charge is 0.339 e. The lowest BCUT2D eigenvalue weighted by atomic mass is 9.98. The molecule has 9 nitrogen and oxygen atoms in total. The number of nitrogens with one attached hydrogen (secondary N) is 1. The molecule has 2 rings (SSSR count). The van der Waals surface area contributed by atoms with Gasteiger partial charge in [-0.1, -0.05) is 6.08 Å². The van der Waals surface area contributed by atoms with Crippen molar-refractivity contribution in [2.45, 2.75) is 0 Å². The largest absolute Gasteiger partial charge is 0.465 e. The Morgan fingerprint density at radius 2 is 1.07 bits per heavy atom. The molecule has 1 N–H and O–H groups in total. The van der Waals surface area contributed by atoms with Gasteiger partial charge in [-0.3, -0.25) is 0 Å². The van der Waals surface area contributed by atoms with Crippen molar-refractivity contribution in [2.24, 2.45) is 0 Å². The third-order valence-corrected chi connectivity index (χ3v) is 3.79. The number of ether oxygens (including phenoxy) is 4. The highest BCUT2D eigenvalue weighted by Crippen LogP contribution is 2.41. The monoisotopic (exact) mass is 375 g/mol. The zero-order chi connectivity index (χ0) is 20.1. The molecule has 0 aromatic rings. The molecule has 1 heterocycles. The molecule has 0 amide bonds. The molecule has 0 radical (unpaired) electrons. The second-order valence-corrected chi connectivity index (χ2v) is 5.12. The first kappa shape index (κ1) is 19.7. The number of rotatable bonds is 4. The zero-order valence-corrected chi connectivity index (χ0v) is 15.1. The van der Waals surface area contributed by atoms with Gasteiger partial charge in [0, 0.05) is 17.5 Å². The standard InChI is InChI=1S/C18H17NO8/c1-24-15(20)11-10(9-7-5-6-8-19-9)12(16(21)25-2)14(18(23)27-4)13(11)17(22)26-3/h5-8,19H,1-4H3. The highest BCUT2D eigenvalue weighted by atomic mass is 16.5. The van der Waals surface area contributed by atoms with Crippen LogP contribution in [0.3, 0.4) is 0 Å². The van der Waals surface area contributed by atoms with Gasteiger partial charge in [0.2, 0.25) is 0 Å². The second-order valence-electron chi connectivity index (χ2n) is 5.12. The van der Waals surface area contributed by atoms with Crippen molar-refractivity contribution >= 4 is 23.9 Å². The number of methoxy groups -OCH3 is 4. The van der Waals surface area contributed by atoms with E-state index < -0.39 is 35.0 Å². The van der Waals surface area contributed by atoms with Crippen LogP contribution in [0.5, 0.6) is 0 Å². The Hall–Kier alpha value is -3.62. The summed E-state index contributed by atoms with van der Waals surface area (Å²) < 4.78 is 18.9. The van der Waals surface area contributed by atoms with Crippen molar-refractivity contribution in [2.75, 3.05) is 28.4 Å². The van der Waals surface area contributed by atoms with E-state index in [0.29, 0.717) is 0 Å². The summed E-state index contributed by atoms with van der Waals surface area (Å²) in [5, 5.41) is 2.86. The molecular weight excluding hydrogens is 358 g/mol. The SMILES string of the molecule is COC(=O)C1=C(C(=O)OC)C(C(=O)OC)=C(C(=O)OC)C1=C1C=CC=CN1. The third kappa shape index (κ3) is 3.39. The van der Waals surface area contributed by atoms with Gasteiger partial charge >= 0.3 is 23.9 Å². The van der Waals surface area contributed by atoms with Crippen LogP contribution >= 0.6 is 0 Å². The molecule has 2 aliphatic rings. The van der Waals surface area contributed by atoms with E-state index in [-0.39, 0.29) is 22.4 Å². The molecule has 0 aromatic carbocycles. The second kappa shape index (κ2) is 8.17. The van der Waals surface area contributed by atoms with Crippen LogP contribution in [0.2, 0.25) is 0 Å². The lowest BCUT2D eigenvalue weighted by Gasteiger charge is -2.15. The predicted octanol–water partition coefficient (Wildman–Crippen LogP) is 0.212. The Morgan fingerprint density at radius 1 is 0.667 bits per heavy atom. The molecule has 0 saturated carbocycles. The fourth-order valence-electron chi connectivity index (χ4n) is 2.67. The number of hydrogen-bond donors (Lipinski definition) is 1. The number of esters is 4. The summed E-state index contributed by atoms with van der Waals surface area (Å²) in [4.78, 5) is 49.8. The first-order valence-electron chi connectivity index (χ1n) is 7.59. The quantitative estimate of drug-likeness (QED) is 0.543. The Balaban J connectivity index is 2.99. The average molecular weight is 375 g/mol. The molecule has 0 aromatic heterocycles. The molecule has 9 heteroatoms. The first-order chi connectivity index (χ1) is 12.9. The molecule has 0 fully saturated rings. The zero-order valence-electron chi connectivity index (χ0n) is 15.1. The van der Waals surface area contributed by atoms with E-state index in [1.165, 1.54) is 0 Å². The number of hydrogen-bond acceptors (Lipinski definition) is 9. The van der Waals surface area contributed by atoms with Crippen molar-refractivity contribution in [3.63, 3.8) is 0 Å². The van der Waals surface area contributed by atoms with E-state index >= 15 is 0 Å². The van der Waals surface area contributed by atoms with E-state index in [0.717, 1.165) is 28.4 Å². The molecule has 1 aliphatic heterocycles. The van der Waals surface area contributed by atoms with Crippen LogP contribution in [0, 0.1) is 0 Å². The van der Waals surface area contributed by atoms with Crippen molar-refractivity contribution in [1.29, 1.82) is 0 Å². The summed E-state index contributed by atoms with van der Waals surface area (Å²) in [6.07, 6.45) is 6.40. The maximum atomic E-state index is 12.5. The van der Waals surface area contributed by atoms with E-state index in [1.807, 2.05) is 0 Å². The van der Waals surface area contributed by atoms with Gasteiger partial charge < -0.3 is 24.3 Å². The van der Waals surface area contributed by atoms with Crippen molar-refractivity contribution < 1.29 is 38.1 Å². The van der Waals surface area contributed by atoms with Gasteiger partial charge in [0.15, 0.2) is 0 Å². The minimum atomic E-state index is -1.01. The van der Waals surface area contributed by atoms with Gasteiger partial charge in [-0.2, -0.15) is 0 Å². The molecular formula is C18H17NO8. The normalized spacial score (nSPS) is 15.6. The molecule has 142 valence electrons. The highest BCUT2D eigenvalue weighted by molar-refractivity contribution is 6.23. The van der Waals surface area contributed by atoms with Gasteiger partial charge in [0.1, 0.15) is 0 Å². The Kier molecular flexibility index (Phi) is 5.96. The fourth-order valence-corrected chi connectivity index (χ4v) is 2.67. The van der Waals surface area contributed by atoms with Crippen LogP contribution < -0.4 is 5.32 Å². The number of carbonyl (C=O) groups is 4. The van der Waals surface area contributed by atoms with Gasteiger partial charge in [-0.15, -0.1) is 0 Å². The van der Waals surface area contributed by atoms with Crippen LogP contribution in [-0.2, 0) is 38.1 Å². The van der Waals surface area contributed by atoms with Gasteiger partial charge in [0.25, 0.3) is 0 Å². The fraction of sp³-hybridized carbons (Fsp3) is 0.222. The molecule has 1 aliphatic carbocycles. The molecule has 0 bridgehead atoms. The lowest BCUT2D eigenvalue weighted by Crippen LogP contribution is -2.18. The minimum Gasteiger partial charge on any atom is -0.465 e. The first-order valence-corrected chi connectivity index (χ1v) is 7.59.